The van der Waals surface area contributed by atoms with Gasteiger partial charge in [-0.1, -0.05) is 51.5 Å². The number of fused-ring (bicyclic) bond motifs is 8. The number of aryl methyl sites for hydroxylation is 2. The number of sulfone groups is 1. The molecule has 1 aliphatic rings. The van der Waals surface area contributed by atoms with Crippen LogP contribution in [0.15, 0.2) is 60.8 Å². The number of aromatic amines is 1. The van der Waals surface area contributed by atoms with E-state index >= 15 is 8.78 Å². The van der Waals surface area contributed by atoms with Crippen molar-refractivity contribution in [3.05, 3.63) is 94.9 Å². The lowest BCUT2D eigenvalue weighted by Crippen LogP contribution is -2.33. The van der Waals surface area contributed by atoms with E-state index < -0.39 is 38.2 Å². The Balaban J connectivity index is 1.50. The Bertz CT molecular complexity index is 2280. The lowest BCUT2D eigenvalue weighted by atomic mass is 9.74. The summed E-state index contributed by atoms with van der Waals surface area (Å²) in [6.07, 6.45) is 3.88. The number of nitrogens with one attached hydrogen (secondary N) is 1. The van der Waals surface area contributed by atoms with E-state index in [4.69, 9.17) is 14.5 Å². The highest BCUT2D eigenvalue weighted by Gasteiger charge is 2.40. The van der Waals surface area contributed by atoms with Crippen molar-refractivity contribution in [2.24, 2.45) is 18.4 Å². The molecule has 280 valence electrons. The van der Waals surface area contributed by atoms with Crippen LogP contribution in [0.4, 0.5) is 8.78 Å². The fourth-order valence-electron chi connectivity index (χ4n) is 7.35. The van der Waals surface area contributed by atoms with Gasteiger partial charge in [-0.3, -0.25) is 4.79 Å². The summed E-state index contributed by atoms with van der Waals surface area (Å²) in [6, 6.07) is 14.3. The predicted octanol–water partition coefficient (Wildman–Crippen LogP) is 7.43. The third kappa shape index (κ3) is 7.90. The molecule has 3 heterocycles. The number of esters is 1. The summed E-state index contributed by atoms with van der Waals surface area (Å²) >= 11 is 0. The third-order valence-electron chi connectivity index (χ3n) is 10.00. The first-order valence-electron chi connectivity index (χ1n) is 17.8. The summed E-state index contributed by atoms with van der Waals surface area (Å²) in [5.41, 5.74) is 0.164. The molecule has 0 amide bonds. The molecule has 1 aliphatic heterocycles. The van der Waals surface area contributed by atoms with Gasteiger partial charge in [-0.25, -0.2) is 26.9 Å². The largest absolute Gasteiger partial charge is 0.466 e. The van der Waals surface area contributed by atoms with Gasteiger partial charge in [0.1, 0.15) is 23.3 Å². The van der Waals surface area contributed by atoms with Gasteiger partial charge in [0.25, 0.3) is 0 Å². The molecule has 13 heteroatoms. The van der Waals surface area contributed by atoms with E-state index in [1.165, 1.54) is 28.9 Å². The molecular formula is C40H44F2N4O6S. The molecule has 2 unspecified atom stereocenters. The fourth-order valence-corrected chi connectivity index (χ4v) is 9.35. The van der Waals surface area contributed by atoms with E-state index in [0.29, 0.717) is 41.3 Å². The van der Waals surface area contributed by atoms with Crippen molar-refractivity contribution in [3.63, 3.8) is 0 Å². The summed E-state index contributed by atoms with van der Waals surface area (Å²) in [7, 11) is -2.07. The molecule has 0 fully saturated rings. The number of benzene rings is 3. The molecule has 3 aromatic carbocycles. The zero-order chi connectivity index (χ0) is 38.1. The monoisotopic (exact) mass is 746 g/mol. The zero-order valence-corrected chi connectivity index (χ0v) is 31.4. The number of carbonyl (C=O) groups is 2. The van der Waals surface area contributed by atoms with Gasteiger partial charge in [-0.05, 0) is 73.4 Å². The van der Waals surface area contributed by atoms with Crippen LogP contribution < -0.4 is 4.74 Å². The van der Waals surface area contributed by atoms with Gasteiger partial charge in [0.05, 0.1) is 29.6 Å². The topological polar surface area (TPSA) is 133 Å². The average molecular weight is 747 g/mol. The van der Waals surface area contributed by atoms with Gasteiger partial charge in [-0.2, -0.15) is 5.10 Å². The standard InChI is InChI=1S/C40H44F2N4O6S/c1-6-51-37(48)25(2)19-26-9-7-10-27(20-26)40(23-47)16-8-15-39(3,4)24-53(49,50)18-14-30-29-13-17-43-34(29)22-33(42)35(30)52-28-11-12-32(41)31(21-28)36-44-38(40)45-46(36)5/h7,9-13,17,20-23,25,43H,6,8,14-16,18-19,24H2,1-5H3. The zero-order valence-electron chi connectivity index (χ0n) is 30.5. The normalized spacial score (nSPS) is 19.3. The van der Waals surface area contributed by atoms with Crippen LogP contribution in [-0.4, -0.2) is 58.5 Å². The lowest BCUT2D eigenvalue weighted by molar-refractivity contribution is -0.147. The number of hydrogen-bond acceptors (Lipinski definition) is 8. The van der Waals surface area contributed by atoms with E-state index in [-0.39, 0.29) is 65.6 Å². The van der Waals surface area contributed by atoms with Crippen LogP contribution in [-0.2, 0) is 49.5 Å². The number of halogens is 2. The van der Waals surface area contributed by atoms with Crippen LogP contribution >= 0.6 is 0 Å². The van der Waals surface area contributed by atoms with Crippen LogP contribution in [0.1, 0.15) is 69.5 Å². The lowest BCUT2D eigenvalue weighted by Gasteiger charge is -2.29. The molecule has 4 bridgehead atoms. The van der Waals surface area contributed by atoms with Gasteiger partial charge in [0.15, 0.2) is 33.1 Å². The molecule has 53 heavy (non-hydrogen) atoms. The molecule has 0 saturated carbocycles. The minimum Gasteiger partial charge on any atom is -0.466 e. The Morgan fingerprint density at radius 2 is 1.91 bits per heavy atom. The molecule has 2 atom stereocenters. The maximum Gasteiger partial charge on any atom is 0.308 e. The van der Waals surface area contributed by atoms with Crippen molar-refractivity contribution in [2.75, 3.05) is 18.1 Å². The van der Waals surface area contributed by atoms with Crippen molar-refractivity contribution in [3.8, 4) is 22.9 Å². The van der Waals surface area contributed by atoms with Crippen molar-refractivity contribution >= 4 is 33.0 Å². The minimum atomic E-state index is -3.66. The van der Waals surface area contributed by atoms with E-state index in [9.17, 15) is 18.0 Å². The highest BCUT2D eigenvalue weighted by atomic mass is 32.2. The second-order valence-corrected chi connectivity index (χ2v) is 16.9. The molecule has 2 aromatic heterocycles. The second kappa shape index (κ2) is 14.8. The van der Waals surface area contributed by atoms with Crippen LogP contribution in [0, 0.1) is 23.0 Å². The van der Waals surface area contributed by atoms with E-state index in [1.807, 2.05) is 26.0 Å². The van der Waals surface area contributed by atoms with Crippen LogP contribution in [0.3, 0.4) is 0 Å². The number of carbonyl (C=O) groups excluding carboxylic acids is 2. The molecule has 1 N–H and O–H groups in total. The number of aldehydes is 1. The fraction of sp³-hybridized carbons (Fsp3) is 0.400. The molecule has 0 spiro atoms. The van der Waals surface area contributed by atoms with E-state index in [1.54, 1.807) is 45.3 Å². The molecule has 6 rings (SSSR count). The minimum absolute atomic E-state index is 0.00932. The van der Waals surface area contributed by atoms with E-state index in [0.717, 1.165) is 11.8 Å². The predicted molar refractivity (Wildman–Crippen MR) is 198 cm³/mol. The first kappa shape index (κ1) is 37.8. The molecular weight excluding hydrogens is 703 g/mol. The second-order valence-electron chi connectivity index (χ2n) is 14.7. The highest BCUT2D eigenvalue weighted by molar-refractivity contribution is 7.91. The van der Waals surface area contributed by atoms with Gasteiger partial charge >= 0.3 is 5.97 Å². The van der Waals surface area contributed by atoms with Gasteiger partial charge in [0, 0.05) is 35.8 Å². The summed E-state index contributed by atoms with van der Waals surface area (Å²) < 4.78 is 71.4. The molecule has 5 aromatic rings. The van der Waals surface area contributed by atoms with Crippen LogP contribution in [0.25, 0.3) is 22.3 Å². The smallest absolute Gasteiger partial charge is 0.308 e. The van der Waals surface area contributed by atoms with Gasteiger partial charge in [0.2, 0.25) is 0 Å². The SMILES string of the molecule is CCOC(=O)C(C)Cc1cccc(C2(C=O)CCCC(C)(C)CS(=O)(=O)CCc3c(c(F)cc4[nH]ccc34)Oc3ccc(F)c(c3)-c3nc2nn3C)c1. The third-order valence-corrected chi connectivity index (χ3v) is 12.0. The van der Waals surface area contributed by atoms with Crippen molar-refractivity contribution in [2.45, 2.75) is 65.2 Å². The first-order valence-corrected chi connectivity index (χ1v) is 19.6. The van der Waals surface area contributed by atoms with Gasteiger partial charge in [-0.15, -0.1) is 0 Å². The van der Waals surface area contributed by atoms with Crippen LogP contribution in [0.2, 0.25) is 0 Å². The Labute approximate surface area is 307 Å². The Kier molecular flexibility index (Phi) is 10.6. The molecule has 10 nitrogen and oxygen atoms in total. The maximum atomic E-state index is 15.7. The summed E-state index contributed by atoms with van der Waals surface area (Å²) in [4.78, 5) is 33.7. The van der Waals surface area contributed by atoms with Crippen molar-refractivity contribution < 1.29 is 36.3 Å². The molecule has 0 saturated heterocycles. The number of nitrogens with zero attached hydrogens (tertiary/aromatic N) is 3. The maximum absolute atomic E-state index is 15.7. The quantitative estimate of drug-likeness (QED) is 0.140. The van der Waals surface area contributed by atoms with Gasteiger partial charge < -0.3 is 19.3 Å². The summed E-state index contributed by atoms with van der Waals surface area (Å²) in [5, 5.41) is 5.30. The Morgan fingerprint density at radius 3 is 2.66 bits per heavy atom. The number of aromatic nitrogens is 4. The number of hydrogen-bond donors (Lipinski definition) is 1. The molecule has 0 radical (unpaired) electrons. The first-order chi connectivity index (χ1) is 25.1. The van der Waals surface area contributed by atoms with Crippen LogP contribution in [0.5, 0.6) is 11.5 Å². The van der Waals surface area contributed by atoms with E-state index in [2.05, 4.69) is 10.1 Å². The average Bonchev–Trinajstić information content (AvgIpc) is 3.73. The number of ether oxygens (including phenoxy) is 2. The Morgan fingerprint density at radius 1 is 1.11 bits per heavy atom. The van der Waals surface area contributed by atoms with Crippen molar-refractivity contribution in [1.29, 1.82) is 0 Å². The van der Waals surface area contributed by atoms with Crippen molar-refractivity contribution in [1.82, 2.24) is 19.7 Å². The number of rotatable bonds is 6. The highest BCUT2D eigenvalue weighted by Crippen LogP contribution is 2.40. The number of H-pyrrole nitrogens is 1. The summed E-state index contributed by atoms with van der Waals surface area (Å²) in [5.74, 6) is -2.30. The summed E-state index contributed by atoms with van der Waals surface area (Å²) in [6.45, 7) is 7.53. The molecule has 0 aliphatic carbocycles. The Hall–Kier alpha value is -4.91.